The normalized spacial score (nSPS) is 10.7. The fraction of sp³-hybridized carbons (Fsp3) is 0.158. The number of aromatic amines is 1. The highest BCUT2D eigenvalue weighted by Gasteiger charge is 2.20. The van der Waals surface area contributed by atoms with Gasteiger partial charge < -0.3 is 19.6 Å². The van der Waals surface area contributed by atoms with Crippen LogP contribution in [0.4, 0.5) is 0 Å². The maximum atomic E-state index is 12.6. The largest absolute Gasteiger partial charge is 0.493 e. The maximum Gasteiger partial charge on any atom is 0.341 e. The second-order valence-electron chi connectivity index (χ2n) is 5.65. The third kappa shape index (κ3) is 3.11. The van der Waals surface area contributed by atoms with Crippen molar-refractivity contribution in [1.82, 2.24) is 4.98 Å². The minimum atomic E-state index is -1.29. The number of hydrogen-bond acceptors (Lipinski definition) is 4. The number of halogens is 1. The maximum absolute atomic E-state index is 12.6. The van der Waals surface area contributed by atoms with Gasteiger partial charge in [0.15, 0.2) is 11.5 Å². The molecule has 0 atom stereocenters. The van der Waals surface area contributed by atoms with Crippen molar-refractivity contribution in [3.8, 4) is 11.5 Å². The lowest BCUT2D eigenvalue weighted by atomic mass is 9.99. The van der Waals surface area contributed by atoms with Crippen LogP contribution in [0, 0.1) is 0 Å². The molecule has 0 bridgehead atoms. The van der Waals surface area contributed by atoms with Gasteiger partial charge in [-0.05, 0) is 23.8 Å². The first-order valence-electron chi connectivity index (χ1n) is 7.73. The van der Waals surface area contributed by atoms with Gasteiger partial charge in [0, 0.05) is 23.2 Å². The molecular weight excluding hydrogens is 358 g/mol. The van der Waals surface area contributed by atoms with Crippen molar-refractivity contribution in [2.75, 3.05) is 14.2 Å². The molecule has 0 unspecified atom stereocenters. The minimum Gasteiger partial charge on any atom is -0.493 e. The smallest absolute Gasteiger partial charge is 0.341 e. The average molecular weight is 374 g/mol. The number of methoxy groups -OCH3 is 2. The molecule has 0 spiro atoms. The van der Waals surface area contributed by atoms with Crippen LogP contribution in [0.1, 0.15) is 21.5 Å². The molecule has 2 N–H and O–H groups in total. The molecule has 1 heterocycles. The van der Waals surface area contributed by atoms with Gasteiger partial charge in [0.05, 0.1) is 25.1 Å². The van der Waals surface area contributed by atoms with Crippen LogP contribution in [0.25, 0.3) is 10.9 Å². The lowest BCUT2D eigenvalue weighted by Crippen LogP contribution is -2.16. The lowest BCUT2D eigenvalue weighted by molar-refractivity contribution is 0.0695. The van der Waals surface area contributed by atoms with Crippen molar-refractivity contribution in [3.63, 3.8) is 0 Å². The lowest BCUT2D eigenvalue weighted by Gasteiger charge is -2.16. The second kappa shape index (κ2) is 7.09. The first-order valence-corrected chi connectivity index (χ1v) is 8.11. The average Bonchev–Trinajstić information content (AvgIpc) is 2.63. The van der Waals surface area contributed by atoms with Crippen molar-refractivity contribution in [2.24, 2.45) is 0 Å². The Balaban J connectivity index is 2.30. The first-order chi connectivity index (χ1) is 12.5. The van der Waals surface area contributed by atoms with Gasteiger partial charge in [-0.15, -0.1) is 0 Å². The summed E-state index contributed by atoms with van der Waals surface area (Å²) in [4.78, 5) is 26.8. The van der Waals surface area contributed by atoms with E-state index in [0.717, 1.165) is 5.56 Å². The van der Waals surface area contributed by atoms with Crippen LogP contribution in [-0.4, -0.2) is 30.3 Å². The van der Waals surface area contributed by atoms with Gasteiger partial charge >= 0.3 is 5.97 Å². The molecule has 1 aromatic heterocycles. The Bertz CT molecular complexity index is 1040. The minimum absolute atomic E-state index is 0.228. The highest BCUT2D eigenvalue weighted by atomic mass is 35.5. The zero-order chi connectivity index (χ0) is 18.8. The van der Waals surface area contributed by atoms with E-state index in [9.17, 15) is 14.7 Å². The monoisotopic (exact) mass is 373 g/mol. The highest BCUT2D eigenvalue weighted by Crippen LogP contribution is 2.37. The SMILES string of the molecule is COc1cc2c(=O)c(C(=O)O)c[nH]c2c(Cc2ccc(Cl)cc2)c1OC. The second-order valence-corrected chi connectivity index (χ2v) is 6.09. The fourth-order valence-electron chi connectivity index (χ4n) is 2.90. The molecule has 0 saturated carbocycles. The molecule has 0 aliphatic rings. The fourth-order valence-corrected chi connectivity index (χ4v) is 3.03. The summed E-state index contributed by atoms with van der Waals surface area (Å²) in [7, 11) is 2.98. The number of hydrogen-bond donors (Lipinski definition) is 2. The van der Waals surface area contributed by atoms with E-state index in [-0.39, 0.29) is 10.9 Å². The Morgan fingerprint density at radius 1 is 1.19 bits per heavy atom. The predicted octanol–water partition coefficient (Wildman–Crippen LogP) is 3.49. The van der Waals surface area contributed by atoms with E-state index < -0.39 is 11.4 Å². The number of benzene rings is 2. The van der Waals surface area contributed by atoms with Crippen LogP contribution in [-0.2, 0) is 6.42 Å². The van der Waals surface area contributed by atoms with Crippen LogP contribution < -0.4 is 14.9 Å². The summed E-state index contributed by atoms with van der Waals surface area (Å²) in [6.45, 7) is 0. The van der Waals surface area contributed by atoms with Crippen molar-refractivity contribution >= 4 is 28.5 Å². The van der Waals surface area contributed by atoms with E-state index in [1.165, 1.54) is 26.5 Å². The Labute approximate surface area is 153 Å². The van der Waals surface area contributed by atoms with Gasteiger partial charge in [-0.2, -0.15) is 0 Å². The molecule has 2 aromatic carbocycles. The predicted molar refractivity (Wildman–Crippen MR) is 98.9 cm³/mol. The van der Waals surface area contributed by atoms with E-state index in [2.05, 4.69) is 4.98 Å². The molecular formula is C19H16ClNO5. The number of H-pyrrole nitrogens is 1. The molecule has 0 fully saturated rings. The summed E-state index contributed by atoms with van der Waals surface area (Å²) in [6, 6.07) is 8.78. The molecule has 0 aliphatic carbocycles. The van der Waals surface area contributed by atoms with Gasteiger partial charge in [-0.3, -0.25) is 4.79 Å². The Kier molecular flexibility index (Phi) is 4.86. The molecule has 0 amide bonds. The van der Waals surface area contributed by atoms with Gasteiger partial charge in [-0.1, -0.05) is 23.7 Å². The first kappa shape index (κ1) is 17.8. The summed E-state index contributed by atoms with van der Waals surface area (Å²) in [5.74, 6) is -0.451. The quantitative estimate of drug-likeness (QED) is 0.714. The van der Waals surface area contributed by atoms with Crippen LogP contribution in [0.15, 0.2) is 41.3 Å². The number of carbonyl (C=O) groups is 1. The zero-order valence-electron chi connectivity index (χ0n) is 14.1. The topological polar surface area (TPSA) is 88.6 Å². The van der Waals surface area contributed by atoms with Crippen LogP contribution in [0.3, 0.4) is 0 Å². The summed E-state index contributed by atoms with van der Waals surface area (Å²) in [6.07, 6.45) is 1.64. The number of pyridine rings is 1. The third-order valence-electron chi connectivity index (χ3n) is 4.14. The molecule has 26 heavy (non-hydrogen) atoms. The van der Waals surface area contributed by atoms with E-state index in [0.29, 0.717) is 34.0 Å². The van der Waals surface area contributed by atoms with E-state index in [4.69, 9.17) is 21.1 Å². The third-order valence-corrected chi connectivity index (χ3v) is 4.40. The molecule has 0 radical (unpaired) electrons. The number of carboxylic acid groups (broad SMARTS) is 1. The number of carboxylic acids is 1. The van der Waals surface area contributed by atoms with Crippen LogP contribution in [0.5, 0.6) is 11.5 Å². The summed E-state index contributed by atoms with van der Waals surface area (Å²) < 4.78 is 10.9. The Morgan fingerprint density at radius 3 is 2.46 bits per heavy atom. The van der Waals surface area contributed by atoms with Gasteiger partial charge in [0.2, 0.25) is 5.43 Å². The van der Waals surface area contributed by atoms with E-state index in [1.807, 2.05) is 12.1 Å². The van der Waals surface area contributed by atoms with Crippen molar-refractivity contribution in [1.29, 1.82) is 0 Å². The van der Waals surface area contributed by atoms with Gasteiger partial charge in [-0.25, -0.2) is 4.79 Å². The van der Waals surface area contributed by atoms with Crippen molar-refractivity contribution < 1.29 is 19.4 Å². The number of nitrogens with one attached hydrogen (secondary N) is 1. The number of fused-ring (bicyclic) bond motifs is 1. The Morgan fingerprint density at radius 2 is 1.88 bits per heavy atom. The van der Waals surface area contributed by atoms with Crippen molar-refractivity contribution in [3.05, 3.63) is 68.5 Å². The highest BCUT2D eigenvalue weighted by molar-refractivity contribution is 6.30. The number of aromatic carboxylic acids is 1. The van der Waals surface area contributed by atoms with Crippen LogP contribution >= 0.6 is 11.6 Å². The van der Waals surface area contributed by atoms with E-state index in [1.54, 1.807) is 12.1 Å². The van der Waals surface area contributed by atoms with Crippen LogP contribution in [0.2, 0.25) is 5.02 Å². The number of rotatable bonds is 5. The van der Waals surface area contributed by atoms with E-state index >= 15 is 0 Å². The van der Waals surface area contributed by atoms with Gasteiger partial charge in [0.25, 0.3) is 0 Å². The molecule has 0 saturated heterocycles. The summed E-state index contributed by atoms with van der Waals surface area (Å²) in [5, 5.41) is 10.0. The zero-order valence-corrected chi connectivity index (χ0v) is 14.9. The number of aromatic nitrogens is 1. The number of ether oxygens (including phenoxy) is 2. The summed E-state index contributed by atoms with van der Waals surface area (Å²) >= 11 is 5.94. The van der Waals surface area contributed by atoms with Gasteiger partial charge in [0.1, 0.15) is 5.56 Å². The molecule has 7 heteroatoms. The summed E-state index contributed by atoms with van der Waals surface area (Å²) in [5.41, 5.74) is 1.24. The molecule has 0 aliphatic heterocycles. The Hall–Kier alpha value is -2.99. The molecule has 3 rings (SSSR count). The molecule has 134 valence electrons. The molecule has 6 nitrogen and oxygen atoms in total. The standard InChI is InChI=1S/C19H16ClNO5/c1-25-15-8-12-16(21-9-14(17(12)22)19(23)24)13(18(15)26-2)7-10-3-5-11(20)6-4-10/h3-6,8-9H,7H2,1-2H3,(H,21,22)(H,23,24). The molecule has 3 aromatic rings. The van der Waals surface area contributed by atoms with Crippen molar-refractivity contribution in [2.45, 2.75) is 6.42 Å².